The smallest absolute Gasteiger partial charge is 0.334 e. The Morgan fingerprint density at radius 2 is 2.00 bits per heavy atom. The molecular weight excluding hydrogens is 160 g/mol. The second kappa shape index (κ2) is 5.97. The molecule has 0 amide bonds. The molecule has 0 radical (unpaired) electrons. The van der Waals surface area contributed by atoms with E-state index in [0.29, 0.717) is 6.61 Å². The molecule has 0 saturated carbocycles. The number of carbonyl (C=O) groups excluding carboxylic acids is 1. The van der Waals surface area contributed by atoms with Crippen molar-refractivity contribution in [3.8, 4) is 0 Å². The first kappa shape index (κ1) is 11.4. The summed E-state index contributed by atoms with van der Waals surface area (Å²) in [7, 11) is 1.33. The van der Waals surface area contributed by atoms with Crippen LogP contribution >= 0.6 is 0 Å². The normalized spacial score (nSPS) is 15.3. The zero-order chi connectivity index (χ0) is 9.56. The predicted octanol–water partition coefficient (Wildman–Crippen LogP) is 0.947. The number of hydrogen-bond acceptors (Lipinski definition) is 4. The van der Waals surface area contributed by atoms with Gasteiger partial charge in [0.2, 0.25) is 0 Å². The number of ether oxygens (including phenoxy) is 3. The minimum Gasteiger partial charge on any atom is -0.467 e. The van der Waals surface area contributed by atoms with Crippen molar-refractivity contribution in [2.24, 2.45) is 0 Å². The van der Waals surface area contributed by atoms with Gasteiger partial charge in [0.15, 0.2) is 12.4 Å². The number of esters is 1. The Hall–Kier alpha value is -0.610. The highest BCUT2D eigenvalue weighted by atomic mass is 16.7. The molecule has 0 bridgehead atoms. The number of rotatable bonds is 5. The van der Waals surface area contributed by atoms with E-state index in [1.165, 1.54) is 7.11 Å². The second-order valence-electron chi connectivity index (χ2n) is 2.32. The lowest BCUT2D eigenvalue weighted by atomic mass is 10.4. The molecule has 0 spiro atoms. The summed E-state index contributed by atoms with van der Waals surface area (Å²) in [5.74, 6) is -0.387. The van der Waals surface area contributed by atoms with Crippen LogP contribution in [0, 0.1) is 0 Å². The standard InChI is InChI=1S/C8H16O4/c1-5-11-7(3)12-6(2)8(9)10-4/h6-7H,5H2,1-4H3/t6-,7?/m1/s1. The highest BCUT2D eigenvalue weighted by Gasteiger charge is 2.16. The molecule has 0 fully saturated rings. The lowest BCUT2D eigenvalue weighted by Gasteiger charge is -2.16. The molecule has 0 aromatic heterocycles. The Bertz CT molecular complexity index is 135. The zero-order valence-corrected chi connectivity index (χ0v) is 7.99. The monoisotopic (exact) mass is 176 g/mol. The van der Waals surface area contributed by atoms with Gasteiger partial charge in [0.05, 0.1) is 7.11 Å². The Kier molecular flexibility index (Phi) is 5.66. The van der Waals surface area contributed by atoms with E-state index >= 15 is 0 Å². The van der Waals surface area contributed by atoms with Crippen molar-refractivity contribution >= 4 is 5.97 Å². The molecule has 2 atom stereocenters. The van der Waals surface area contributed by atoms with Crippen LogP contribution in [0.25, 0.3) is 0 Å². The van der Waals surface area contributed by atoms with E-state index in [0.717, 1.165) is 0 Å². The molecule has 0 aromatic carbocycles. The molecular formula is C8H16O4. The van der Waals surface area contributed by atoms with E-state index in [4.69, 9.17) is 9.47 Å². The van der Waals surface area contributed by atoms with Gasteiger partial charge in [-0.25, -0.2) is 4.79 Å². The van der Waals surface area contributed by atoms with Gasteiger partial charge in [-0.3, -0.25) is 0 Å². The van der Waals surface area contributed by atoms with Crippen molar-refractivity contribution < 1.29 is 19.0 Å². The van der Waals surface area contributed by atoms with Gasteiger partial charge in [-0.15, -0.1) is 0 Å². The minimum absolute atomic E-state index is 0.371. The topological polar surface area (TPSA) is 44.8 Å². The van der Waals surface area contributed by atoms with Gasteiger partial charge in [-0.2, -0.15) is 0 Å². The summed E-state index contributed by atoms with van der Waals surface area (Å²) in [6, 6.07) is 0. The van der Waals surface area contributed by atoms with Gasteiger partial charge in [0.1, 0.15) is 0 Å². The summed E-state index contributed by atoms with van der Waals surface area (Å²) in [6.07, 6.45) is -0.944. The SMILES string of the molecule is CCOC(C)O[C@H](C)C(=O)OC. The lowest BCUT2D eigenvalue weighted by Crippen LogP contribution is -2.27. The van der Waals surface area contributed by atoms with Crippen LogP contribution in [-0.4, -0.2) is 32.1 Å². The molecule has 0 aromatic rings. The molecule has 4 nitrogen and oxygen atoms in total. The molecule has 0 heterocycles. The summed E-state index contributed by atoms with van der Waals surface area (Å²) in [5, 5.41) is 0. The predicted molar refractivity (Wildman–Crippen MR) is 43.7 cm³/mol. The number of carbonyl (C=O) groups is 1. The van der Waals surface area contributed by atoms with Gasteiger partial charge in [0, 0.05) is 6.61 Å². The van der Waals surface area contributed by atoms with Crippen molar-refractivity contribution in [3.63, 3.8) is 0 Å². The zero-order valence-electron chi connectivity index (χ0n) is 7.99. The first-order valence-electron chi connectivity index (χ1n) is 3.96. The van der Waals surface area contributed by atoms with Gasteiger partial charge in [-0.1, -0.05) is 0 Å². The highest BCUT2D eigenvalue weighted by molar-refractivity contribution is 5.73. The Morgan fingerprint density at radius 3 is 2.42 bits per heavy atom. The Labute approximate surface area is 72.8 Å². The lowest BCUT2D eigenvalue weighted by molar-refractivity contribution is -0.182. The average molecular weight is 176 g/mol. The Balaban J connectivity index is 3.67. The van der Waals surface area contributed by atoms with E-state index in [9.17, 15) is 4.79 Å². The maximum atomic E-state index is 10.8. The quantitative estimate of drug-likeness (QED) is 0.462. The van der Waals surface area contributed by atoms with Gasteiger partial charge in [0.25, 0.3) is 0 Å². The molecule has 1 unspecified atom stereocenters. The van der Waals surface area contributed by atoms with Crippen LogP contribution in [0.5, 0.6) is 0 Å². The average Bonchev–Trinajstić information content (AvgIpc) is 2.03. The van der Waals surface area contributed by atoms with Gasteiger partial charge < -0.3 is 14.2 Å². The maximum absolute atomic E-state index is 10.8. The third-order valence-corrected chi connectivity index (χ3v) is 1.33. The summed E-state index contributed by atoms with van der Waals surface area (Å²) >= 11 is 0. The largest absolute Gasteiger partial charge is 0.467 e. The van der Waals surface area contributed by atoms with Crippen molar-refractivity contribution in [1.29, 1.82) is 0 Å². The molecule has 0 aliphatic heterocycles. The summed E-state index contributed by atoms with van der Waals surface area (Å²) in [6.45, 7) is 5.79. The van der Waals surface area contributed by atoms with Gasteiger partial charge >= 0.3 is 5.97 Å². The first-order chi connectivity index (χ1) is 5.61. The van der Waals surface area contributed by atoms with Crippen molar-refractivity contribution in [2.75, 3.05) is 13.7 Å². The van der Waals surface area contributed by atoms with Crippen LogP contribution in [0.15, 0.2) is 0 Å². The van der Waals surface area contributed by atoms with Crippen LogP contribution in [0.3, 0.4) is 0 Å². The molecule has 0 saturated heterocycles. The third-order valence-electron chi connectivity index (χ3n) is 1.33. The fourth-order valence-electron chi connectivity index (χ4n) is 0.783. The fourth-order valence-corrected chi connectivity index (χ4v) is 0.783. The van der Waals surface area contributed by atoms with Crippen LogP contribution in [0.2, 0.25) is 0 Å². The molecule has 0 aliphatic carbocycles. The van der Waals surface area contributed by atoms with Crippen LogP contribution < -0.4 is 0 Å². The molecule has 0 aliphatic rings. The fraction of sp³-hybridized carbons (Fsp3) is 0.875. The number of hydrogen-bond donors (Lipinski definition) is 0. The third kappa shape index (κ3) is 4.31. The van der Waals surface area contributed by atoms with E-state index in [-0.39, 0.29) is 12.3 Å². The maximum Gasteiger partial charge on any atom is 0.334 e. The first-order valence-corrected chi connectivity index (χ1v) is 3.96. The van der Waals surface area contributed by atoms with E-state index in [2.05, 4.69) is 4.74 Å². The summed E-state index contributed by atoms with van der Waals surface area (Å²) in [4.78, 5) is 10.8. The van der Waals surface area contributed by atoms with Crippen molar-refractivity contribution in [2.45, 2.75) is 33.2 Å². The molecule has 0 N–H and O–H groups in total. The van der Waals surface area contributed by atoms with Crippen LogP contribution in [0.1, 0.15) is 20.8 Å². The van der Waals surface area contributed by atoms with Crippen LogP contribution in [0.4, 0.5) is 0 Å². The van der Waals surface area contributed by atoms with E-state index in [1.807, 2.05) is 6.92 Å². The summed E-state index contributed by atoms with van der Waals surface area (Å²) in [5.41, 5.74) is 0. The minimum atomic E-state index is -0.573. The Morgan fingerprint density at radius 1 is 1.42 bits per heavy atom. The molecule has 72 valence electrons. The van der Waals surface area contributed by atoms with Crippen molar-refractivity contribution in [3.05, 3.63) is 0 Å². The molecule has 12 heavy (non-hydrogen) atoms. The van der Waals surface area contributed by atoms with E-state index in [1.54, 1.807) is 13.8 Å². The summed E-state index contributed by atoms with van der Waals surface area (Å²) < 4.78 is 14.7. The highest BCUT2D eigenvalue weighted by Crippen LogP contribution is 2.00. The molecule has 0 rings (SSSR count). The second-order valence-corrected chi connectivity index (χ2v) is 2.32. The van der Waals surface area contributed by atoms with Crippen LogP contribution in [-0.2, 0) is 19.0 Å². The van der Waals surface area contributed by atoms with E-state index < -0.39 is 6.10 Å². The number of methoxy groups -OCH3 is 1. The van der Waals surface area contributed by atoms with Crippen molar-refractivity contribution in [1.82, 2.24) is 0 Å². The van der Waals surface area contributed by atoms with Gasteiger partial charge in [-0.05, 0) is 20.8 Å². The molecule has 4 heteroatoms.